The maximum absolute atomic E-state index is 11.1. The van der Waals surface area contributed by atoms with Crippen LogP contribution in [0.4, 0.5) is 11.6 Å². The molecular weight excluding hydrogens is 286 g/mol. The molecule has 1 heterocycles. The van der Waals surface area contributed by atoms with Crippen LogP contribution in [0.3, 0.4) is 0 Å². The largest absolute Gasteiger partial charge is 0.434 e. The molecule has 0 aliphatic rings. The summed E-state index contributed by atoms with van der Waals surface area (Å²) >= 11 is 5.82. The van der Waals surface area contributed by atoms with Crippen molar-refractivity contribution in [3.05, 3.63) is 45.1 Å². The summed E-state index contributed by atoms with van der Waals surface area (Å²) in [6.45, 7) is 1.46. The van der Waals surface area contributed by atoms with Gasteiger partial charge in [-0.05, 0) is 25.1 Å². The quantitative estimate of drug-likeness (QED) is 0.505. The summed E-state index contributed by atoms with van der Waals surface area (Å²) in [5.74, 6) is 5.34. The maximum Gasteiger partial charge on any atom is 0.352 e. The van der Waals surface area contributed by atoms with Gasteiger partial charge in [0.1, 0.15) is 11.4 Å². The van der Waals surface area contributed by atoms with Gasteiger partial charge in [0.2, 0.25) is 5.95 Å². The van der Waals surface area contributed by atoms with Crippen LogP contribution in [-0.4, -0.2) is 14.9 Å². The average Bonchev–Trinajstić information content (AvgIpc) is 2.37. The van der Waals surface area contributed by atoms with Crippen molar-refractivity contribution in [2.45, 2.75) is 6.92 Å². The van der Waals surface area contributed by atoms with Gasteiger partial charge in [-0.2, -0.15) is 4.98 Å². The van der Waals surface area contributed by atoms with E-state index in [9.17, 15) is 10.1 Å². The van der Waals surface area contributed by atoms with Gasteiger partial charge in [0.15, 0.2) is 0 Å². The number of ether oxygens (including phenoxy) is 1. The number of nitrogens with zero attached hydrogens (tertiary/aromatic N) is 3. The fourth-order valence-electron chi connectivity index (χ4n) is 1.53. The van der Waals surface area contributed by atoms with E-state index in [0.717, 1.165) is 0 Å². The molecule has 3 N–H and O–H groups in total. The first kappa shape index (κ1) is 14.0. The molecule has 9 heteroatoms. The molecule has 0 unspecified atom stereocenters. The molecule has 2 aromatic rings. The van der Waals surface area contributed by atoms with Crippen LogP contribution in [0.15, 0.2) is 24.3 Å². The Kier molecular flexibility index (Phi) is 3.97. The van der Waals surface area contributed by atoms with Crippen LogP contribution >= 0.6 is 11.6 Å². The molecule has 0 aliphatic carbocycles. The second kappa shape index (κ2) is 5.68. The Hall–Kier alpha value is -2.45. The van der Waals surface area contributed by atoms with E-state index in [1.54, 1.807) is 18.2 Å². The summed E-state index contributed by atoms with van der Waals surface area (Å²) in [4.78, 5) is 18.1. The molecule has 0 radical (unpaired) electrons. The van der Waals surface area contributed by atoms with E-state index in [2.05, 4.69) is 15.4 Å². The zero-order valence-electron chi connectivity index (χ0n) is 10.3. The molecule has 1 aromatic carbocycles. The van der Waals surface area contributed by atoms with Gasteiger partial charge in [0, 0.05) is 5.02 Å². The standard InChI is InChI=1S/C11H10ClN5O3/c1-6-9(17(18)19)10(15-11(14-6)16-13)20-8-4-2-3-7(12)5-8/h2-5H,13H2,1H3,(H,14,15,16). The number of nitro groups is 1. The van der Waals surface area contributed by atoms with Crippen molar-refractivity contribution in [1.82, 2.24) is 9.97 Å². The van der Waals surface area contributed by atoms with Crippen molar-refractivity contribution in [1.29, 1.82) is 0 Å². The first-order valence-electron chi connectivity index (χ1n) is 5.44. The summed E-state index contributed by atoms with van der Waals surface area (Å²) in [7, 11) is 0. The fraction of sp³-hybridized carbons (Fsp3) is 0.0909. The average molecular weight is 296 g/mol. The Morgan fingerprint density at radius 1 is 1.45 bits per heavy atom. The number of aryl methyl sites for hydroxylation is 1. The molecule has 0 aliphatic heterocycles. The SMILES string of the molecule is Cc1nc(NN)nc(Oc2cccc(Cl)c2)c1[N+](=O)[O-]. The summed E-state index contributed by atoms with van der Waals surface area (Å²) < 4.78 is 5.40. The second-order valence-corrected chi connectivity index (χ2v) is 4.18. The fourth-order valence-corrected chi connectivity index (χ4v) is 1.71. The highest BCUT2D eigenvalue weighted by atomic mass is 35.5. The van der Waals surface area contributed by atoms with Gasteiger partial charge < -0.3 is 4.74 Å². The van der Waals surface area contributed by atoms with Crippen molar-refractivity contribution >= 4 is 23.2 Å². The highest BCUT2D eigenvalue weighted by Crippen LogP contribution is 2.32. The van der Waals surface area contributed by atoms with E-state index in [1.165, 1.54) is 13.0 Å². The van der Waals surface area contributed by atoms with Crippen LogP contribution in [0.2, 0.25) is 5.02 Å². The third-order valence-corrected chi connectivity index (χ3v) is 2.58. The molecule has 0 bridgehead atoms. The Balaban J connectivity index is 2.48. The molecule has 0 amide bonds. The third-order valence-electron chi connectivity index (χ3n) is 2.35. The van der Waals surface area contributed by atoms with Gasteiger partial charge >= 0.3 is 11.6 Å². The van der Waals surface area contributed by atoms with E-state index in [0.29, 0.717) is 10.8 Å². The van der Waals surface area contributed by atoms with Gasteiger partial charge in [-0.3, -0.25) is 15.5 Å². The van der Waals surface area contributed by atoms with Gasteiger partial charge in [0.25, 0.3) is 0 Å². The summed E-state index contributed by atoms with van der Waals surface area (Å²) in [6, 6.07) is 6.42. The van der Waals surface area contributed by atoms with E-state index < -0.39 is 4.92 Å². The number of anilines is 1. The number of nitrogen functional groups attached to an aromatic ring is 1. The lowest BCUT2D eigenvalue weighted by Gasteiger charge is -2.08. The minimum Gasteiger partial charge on any atom is -0.434 e. The monoisotopic (exact) mass is 295 g/mol. The van der Waals surface area contributed by atoms with Gasteiger partial charge in [-0.1, -0.05) is 17.7 Å². The van der Waals surface area contributed by atoms with E-state index in [1.807, 2.05) is 0 Å². The molecule has 0 fully saturated rings. The zero-order chi connectivity index (χ0) is 14.7. The molecule has 0 saturated heterocycles. The van der Waals surface area contributed by atoms with Crippen LogP contribution in [0.25, 0.3) is 0 Å². The number of hydrogen-bond donors (Lipinski definition) is 2. The predicted octanol–water partition coefficient (Wildman–Crippen LogP) is 2.42. The Labute approximate surface area is 118 Å². The van der Waals surface area contributed by atoms with Gasteiger partial charge in [0.05, 0.1) is 4.92 Å². The molecule has 20 heavy (non-hydrogen) atoms. The predicted molar refractivity (Wildman–Crippen MR) is 72.8 cm³/mol. The summed E-state index contributed by atoms with van der Waals surface area (Å²) in [5, 5.41) is 11.5. The number of halogens is 1. The normalized spacial score (nSPS) is 10.2. The molecule has 1 aromatic heterocycles. The molecule has 0 spiro atoms. The Morgan fingerprint density at radius 2 is 2.20 bits per heavy atom. The Bertz CT molecular complexity index is 665. The lowest BCUT2D eigenvalue weighted by Crippen LogP contribution is -2.12. The number of rotatable bonds is 4. The lowest BCUT2D eigenvalue weighted by atomic mass is 10.3. The molecule has 2 rings (SSSR count). The van der Waals surface area contributed by atoms with E-state index >= 15 is 0 Å². The Morgan fingerprint density at radius 3 is 2.80 bits per heavy atom. The van der Waals surface area contributed by atoms with Crippen molar-refractivity contribution in [3.63, 3.8) is 0 Å². The number of aromatic nitrogens is 2. The van der Waals surface area contributed by atoms with Crippen LogP contribution < -0.4 is 16.0 Å². The zero-order valence-corrected chi connectivity index (χ0v) is 11.1. The van der Waals surface area contributed by atoms with Crippen molar-refractivity contribution < 1.29 is 9.66 Å². The minimum absolute atomic E-state index is 0.0186. The summed E-state index contributed by atoms with van der Waals surface area (Å²) in [5.41, 5.74) is 2.03. The number of hydrogen-bond acceptors (Lipinski definition) is 7. The van der Waals surface area contributed by atoms with Gasteiger partial charge in [-0.25, -0.2) is 10.8 Å². The maximum atomic E-state index is 11.1. The number of nitrogens with two attached hydrogens (primary N) is 1. The minimum atomic E-state index is -0.616. The summed E-state index contributed by atoms with van der Waals surface area (Å²) in [6.07, 6.45) is 0. The molecule has 0 atom stereocenters. The van der Waals surface area contributed by atoms with Crippen molar-refractivity contribution in [3.8, 4) is 11.6 Å². The number of nitrogens with one attached hydrogen (secondary N) is 1. The van der Waals surface area contributed by atoms with Crippen molar-refractivity contribution in [2.75, 3.05) is 5.43 Å². The van der Waals surface area contributed by atoms with Crippen LogP contribution in [-0.2, 0) is 0 Å². The van der Waals surface area contributed by atoms with Crippen molar-refractivity contribution in [2.24, 2.45) is 5.84 Å². The molecule has 0 saturated carbocycles. The smallest absolute Gasteiger partial charge is 0.352 e. The number of benzene rings is 1. The highest BCUT2D eigenvalue weighted by Gasteiger charge is 2.24. The molecular formula is C11H10ClN5O3. The molecule has 8 nitrogen and oxygen atoms in total. The second-order valence-electron chi connectivity index (χ2n) is 3.75. The van der Waals surface area contributed by atoms with E-state index in [4.69, 9.17) is 22.2 Å². The topological polar surface area (TPSA) is 116 Å². The van der Waals surface area contributed by atoms with Crippen LogP contribution in [0, 0.1) is 17.0 Å². The first-order valence-corrected chi connectivity index (χ1v) is 5.82. The first-order chi connectivity index (χ1) is 9.51. The van der Waals surface area contributed by atoms with Crippen LogP contribution in [0.5, 0.6) is 11.6 Å². The highest BCUT2D eigenvalue weighted by molar-refractivity contribution is 6.30. The van der Waals surface area contributed by atoms with Crippen LogP contribution in [0.1, 0.15) is 5.69 Å². The third kappa shape index (κ3) is 2.92. The molecule has 104 valence electrons. The van der Waals surface area contributed by atoms with Gasteiger partial charge in [-0.15, -0.1) is 0 Å². The lowest BCUT2D eigenvalue weighted by molar-refractivity contribution is -0.386. The van der Waals surface area contributed by atoms with E-state index in [-0.39, 0.29) is 23.2 Å². The number of hydrazine groups is 1.